The SMILES string of the molecule is N#CC(O)(C#N)C(F)(F)F.N#COB(O)O. The molecule has 0 aliphatic heterocycles. The van der Waals surface area contributed by atoms with Crippen molar-refractivity contribution in [1.29, 1.82) is 15.8 Å². The molecule has 0 fully saturated rings. The van der Waals surface area contributed by atoms with Crippen molar-refractivity contribution in [1.82, 2.24) is 0 Å². The number of alkyl halides is 3. The van der Waals surface area contributed by atoms with E-state index in [4.69, 9.17) is 30.9 Å². The first-order valence-corrected chi connectivity index (χ1v) is 3.17. The highest BCUT2D eigenvalue weighted by atomic mass is 19.4. The number of rotatable bonds is 1. The van der Waals surface area contributed by atoms with E-state index in [1.807, 2.05) is 0 Å². The molecule has 0 bridgehead atoms. The van der Waals surface area contributed by atoms with Crippen LogP contribution in [0.5, 0.6) is 0 Å². The van der Waals surface area contributed by atoms with Crippen LogP contribution in [0.15, 0.2) is 0 Å². The van der Waals surface area contributed by atoms with Gasteiger partial charge in [-0.2, -0.15) is 29.0 Å². The maximum absolute atomic E-state index is 11.4. The number of aliphatic hydroxyl groups is 1. The zero-order chi connectivity index (χ0) is 13.4. The smallest absolute Gasteiger partial charge is 0.442 e. The largest absolute Gasteiger partial charge is 0.717 e. The molecular formula is C5H3BF3N3O4. The molecule has 0 aliphatic carbocycles. The van der Waals surface area contributed by atoms with E-state index < -0.39 is 19.1 Å². The van der Waals surface area contributed by atoms with Crippen LogP contribution in [0.25, 0.3) is 0 Å². The van der Waals surface area contributed by atoms with Gasteiger partial charge in [-0.3, -0.25) is 0 Å². The number of nitrogens with zero attached hydrogens (tertiary/aromatic N) is 3. The third-order valence-corrected chi connectivity index (χ3v) is 0.892. The Morgan fingerprint density at radius 2 is 1.44 bits per heavy atom. The summed E-state index contributed by atoms with van der Waals surface area (Å²) in [5.41, 5.74) is -3.87. The summed E-state index contributed by atoms with van der Waals surface area (Å²) in [6.45, 7) is 0. The lowest BCUT2D eigenvalue weighted by Crippen LogP contribution is -2.42. The van der Waals surface area contributed by atoms with E-state index in [9.17, 15) is 13.2 Å². The molecule has 86 valence electrons. The predicted molar refractivity (Wildman–Crippen MR) is 39.1 cm³/mol. The number of halogens is 3. The number of nitriles is 3. The van der Waals surface area contributed by atoms with Gasteiger partial charge in [-0.1, -0.05) is 0 Å². The second kappa shape index (κ2) is 6.48. The summed E-state index contributed by atoms with van der Waals surface area (Å²) in [4.78, 5) is 0. The molecule has 0 aliphatic rings. The van der Waals surface area contributed by atoms with Crippen molar-refractivity contribution in [2.75, 3.05) is 0 Å². The van der Waals surface area contributed by atoms with Crippen LogP contribution in [0.1, 0.15) is 0 Å². The maximum Gasteiger partial charge on any atom is 0.717 e. The molecule has 0 saturated carbocycles. The first kappa shape index (κ1) is 16.4. The summed E-state index contributed by atoms with van der Waals surface area (Å²) in [7, 11) is -1.96. The fourth-order valence-corrected chi connectivity index (χ4v) is 0.199. The molecule has 3 N–H and O–H groups in total. The average molecular weight is 237 g/mol. The summed E-state index contributed by atoms with van der Waals surface area (Å²) in [5.74, 6) is 0. The molecule has 0 saturated heterocycles. The van der Waals surface area contributed by atoms with Gasteiger partial charge in [-0.15, -0.1) is 0 Å². The Morgan fingerprint density at radius 3 is 1.44 bits per heavy atom. The molecule has 7 nitrogen and oxygen atoms in total. The van der Waals surface area contributed by atoms with E-state index in [-0.39, 0.29) is 0 Å². The van der Waals surface area contributed by atoms with Crippen LogP contribution in [0.4, 0.5) is 13.2 Å². The van der Waals surface area contributed by atoms with Gasteiger partial charge in [0.05, 0.1) is 0 Å². The highest BCUT2D eigenvalue weighted by Gasteiger charge is 2.55. The fourth-order valence-electron chi connectivity index (χ4n) is 0.199. The Kier molecular flexibility index (Phi) is 6.66. The van der Waals surface area contributed by atoms with Gasteiger partial charge in [0.15, 0.2) is 0 Å². The van der Waals surface area contributed by atoms with Crippen molar-refractivity contribution in [3.8, 4) is 18.4 Å². The van der Waals surface area contributed by atoms with Crippen molar-refractivity contribution < 1.29 is 33.0 Å². The third-order valence-electron chi connectivity index (χ3n) is 0.892. The van der Waals surface area contributed by atoms with E-state index in [2.05, 4.69) is 4.65 Å². The molecular weight excluding hydrogens is 234 g/mol. The lowest BCUT2D eigenvalue weighted by atomic mass is 10.1. The molecule has 0 aromatic rings. The molecule has 0 spiro atoms. The summed E-state index contributed by atoms with van der Waals surface area (Å²) in [6.07, 6.45) is -4.14. The molecule has 0 rings (SSSR count). The van der Waals surface area contributed by atoms with Gasteiger partial charge < -0.3 is 19.8 Å². The maximum atomic E-state index is 11.4. The van der Waals surface area contributed by atoms with Crippen LogP contribution in [0, 0.1) is 34.2 Å². The first-order chi connectivity index (χ1) is 7.14. The van der Waals surface area contributed by atoms with Gasteiger partial charge in [-0.25, -0.2) is 0 Å². The minimum absolute atomic E-state index is 0.438. The van der Waals surface area contributed by atoms with Crippen molar-refractivity contribution in [2.45, 2.75) is 11.8 Å². The molecule has 0 aromatic carbocycles. The molecule has 0 aromatic heterocycles. The van der Waals surface area contributed by atoms with Gasteiger partial charge in [-0.05, 0) is 0 Å². The van der Waals surface area contributed by atoms with Crippen LogP contribution < -0.4 is 0 Å². The predicted octanol–water partition coefficient (Wildman–Crippen LogP) is -1.22. The molecule has 0 radical (unpaired) electrons. The molecule has 11 heteroatoms. The van der Waals surface area contributed by atoms with Gasteiger partial charge in [0.25, 0.3) is 6.26 Å². The van der Waals surface area contributed by atoms with Crippen molar-refractivity contribution >= 4 is 7.32 Å². The zero-order valence-corrected chi connectivity index (χ0v) is 7.30. The normalized spacial score (nSPS) is 9.69. The Hall–Kier alpha value is -2.00. The monoisotopic (exact) mass is 237 g/mol. The molecule has 0 heterocycles. The summed E-state index contributed by atoms with van der Waals surface area (Å²) < 4.78 is 37.7. The van der Waals surface area contributed by atoms with Crippen molar-refractivity contribution in [3.05, 3.63) is 0 Å². The highest BCUT2D eigenvalue weighted by molar-refractivity contribution is 6.33. The molecule has 0 amide bonds. The second-order valence-corrected chi connectivity index (χ2v) is 1.97. The van der Waals surface area contributed by atoms with Crippen LogP contribution in [-0.4, -0.2) is 34.3 Å². The summed E-state index contributed by atoms with van der Waals surface area (Å²) in [5, 5.41) is 46.2. The fraction of sp³-hybridized carbons (Fsp3) is 0.400. The van der Waals surface area contributed by atoms with Crippen molar-refractivity contribution in [3.63, 3.8) is 0 Å². The zero-order valence-electron chi connectivity index (χ0n) is 7.30. The van der Waals surface area contributed by atoms with Crippen molar-refractivity contribution in [2.24, 2.45) is 0 Å². The van der Waals surface area contributed by atoms with Crippen LogP contribution in [0.2, 0.25) is 0 Å². The van der Waals surface area contributed by atoms with E-state index >= 15 is 0 Å². The number of hydrogen-bond acceptors (Lipinski definition) is 7. The Balaban J connectivity index is 0. The first-order valence-electron chi connectivity index (χ1n) is 3.17. The quantitative estimate of drug-likeness (QED) is 0.294. The summed E-state index contributed by atoms with van der Waals surface area (Å²) in [6, 6.07) is 0.875. The highest BCUT2D eigenvalue weighted by Crippen LogP contribution is 2.28. The topological polar surface area (TPSA) is 141 Å². The van der Waals surface area contributed by atoms with E-state index in [0.29, 0.717) is 12.1 Å². The van der Waals surface area contributed by atoms with Crippen LogP contribution >= 0.6 is 0 Å². The third kappa shape index (κ3) is 5.68. The van der Waals surface area contributed by atoms with Crippen LogP contribution in [0.3, 0.4) is 0 Å². The van der Waals surface area contributed by atoms with Gasteiger partial charge in [0.2, 0.25) is 0 Å². The van der Waals surface area contributed by atoms with Crippen LogP contribution in [-0.2, 0) is 4.65 Å². The lowest BCUT2D eigenvalue weighted by Gasteiger charge is -2.13. The molecule has 16 heavy (non-hydrogen) atoms. The minimum Gasteiger partial charge on any atom is -0.442 e. The Bertz CT molecular complexity index is 325. The number of hydrogen-bond donors (Lipinski definition) is 3. The second-order valence-electron chi connectivity index (χ2n) is 1.97. The Morgan fingerprint density at radius 1 is 1.06 bits per heavy atom. The standard InChI is InChI=1S/C4HF3N2O.CH2BNO3/c5-4(6,7)3(10,1-8)2-9;3-1-6-2(4)5/h10H;4-5H. The van der Waals surface area contributed by atoms with Gasteiger partial charge >= 0.3 is 19.1 Å². The van der Waals surface area contributed by atoms with E-state index in [1.54, 1.807) is 0 Å². The molecule has 0 atom stereocenters. The molecule has 0 unspecified atom stereocenters. The average Bonchev–Trinajstić information content (AvgIpc) is 2.15. The minimum atomic E-state index is -5.21. The van der Waals surface area contributed by atoms with Gasteiger partial charge in [0, 0.05) is 0 Å². The Labute approximate surface area is 87.3 Å². The lowest BCUT2D eigenvalue weighted by molar-refractivity contribution is -0.214. The van der Waals surface area contributed by atoms with E-state index in [0.717, 1.165) is 6.26 Å². The van der Waals surface area contributed by atoms with Gasteiger partial charge in [0.1, 0.15) is 12.1 Å². The summed E-state index contributed by atoms with van der Waals surface area (Å²) >= 11 is 0. The van der Waals surface area contributed by atoms with E-state index in [1.165, 1.54) is 0 Å².